The number of anilines is 1. The normalized spacial score (nSPS) is 12.7. The van der Waals surface area contributed by atoms with Crippen molar-refractivity contribution in [3.8, 4) is 5.75 Å². The van der Waals surface area contributed by atoms with Crippen molar-refractivity contribution in [3.05, 3.63) is 30.5 Å². The summed E-state index contributed by atoms with van der Waals surface area (Å²) in [5.41, 5.74) is 6.13. The molecular formula is C17H25N3O. The molecule has 1 aromatic heterocycles. The maximum Gasteiger partial charge on any atom is 0.136 e. The van der Waals surface area contributed by atoms with Gasteiger partial charge in [-0.3, -0.25) is 0 Å². The van der Waals surface area contributed by atoms with E-state index in [2.05, 4.69) is 36.8 Å². The van der Waals surface area contributed by atoms with Gasteiger partial charge >= 0.3 is 0 Å². The summed E-state index contributed by atoms with van der Waals surface area (Å²) in [6.07, 6.45) is 2.80. The van der Waals surface area contributed by atoms with Crippen LogP contribution in [0.3, 0.4) is 0 Å². The summed E-state index contributed by atoms with van der Waals surface area (Å²) in [7, 11) is 3.75. The lowest BCUT2D eigenvalue weighted by Gasteiger charge is -2.23. The molecule has 0 amide bonds. The highest BCUT2D eigenvalue weighted by atomic mass is 16.5. The molecule has 21 heavy (non-hydrogen) atoms. The van der Waals surface area contributed by atoms with E-state index in [-0.39, 0.29) is 6.04 Å². The molecule has 0 saturated carbocycles. The second-order valence-corrected chi connectivity index (χ2v) is 5.84. The predicted molar refractivity (Wildman–Crippen MR) is 89.0 cm³/mol. The van der Waals surface area contributed by atoms with Crippen molar-refractivity contribution in [2.75, 3.05) is 25.6 Å². The number of nitrogens with two attached hydrogens (primary N) is 1. The van der Waals surface area contributed by atoms with Crippen LogP contribution in [0.4, 0.5) is 5.82 Å². The zero-order valence-electron chi connectivity index (χ0n) is 13.3. The lowest BCUT2D eigenvalue weighted by molar-refractivity contribution is 0.415. The van der Waals surface area contributed by atoms with Crippen molar-refractivity contribution in [2.24, 2.45) is 11.7 Å². The molecule has 1 aromatic carbocycles. The van der Waals surface area contributed by atoms with Crippen LogP contribution < -0.4 is 15.4 Å². The van der Waals surface area contributed by atoms with Crippen LogP contribution >= 0.6 is 0 Å². The molecule has 2 N–H and O–H groups in total. The van der Waals surface area contributed by atoms with Gasteiger partial charge in [-0.2, -0.15) is 0 Å². The van der Waals surface area contributed by atoms with E-state index >= 15 is 0 Å². The van der Waals surface area contributed by atoms with E-state index in [0.717, 1.165) is 29.9 Å². The summed E-state index contributed by atoms with van der Waals surface area (Å²) >= 11 is 0. The highest BCUT2D eigenvalue weighted by Gasteiger charge is 2.12. The van der Waals surface area contributed by atoms with Crippen molar-refractivity contribution < 1.29 is 4.74 Å². The molecule has 0 saturated heterocycles. The molecule has 0 fully saturated rings. The van der Waals surface area contributed by atoms with Crippen LogP contribution in [0.5, 0.6) is 5.75 Å². The Morgan fingerprint density at radius 2 is 2.05 bits per heavy atom. The van der Waals surface area contributed by atoms with E-state index in [1.54, 1.807) is 7.11 Å². The largest absolute Gasteiger partial charge is 0.497 e. The minimum Gasteiger partial charge on any atom is -0.497 e. The Morgan fingerprint density at radius 1 is 1.29 bits per heavy atom. The molecule has 0 spiro atoms. The number of fused-ring (bicyclic) bond motifs is 1. The first kappa shape index (κ1) is 15.6. The number of benzene rings is 1. The topological polar surface area (TPSA) is 51.4 Å². The second kappa shape index (κ2) is 6.76. The fourth-order valence-corrected chi connectivity index (χ4v) is 2.35. The number of aromatic nitrogens is 1. The zero-order chi connectivity index (χ0) is 15.4. The van der Waals surface area contributed by atoms with Crippen LogP contribution in [0.1, 0.15) is 20.3 Å². The molecule has 2 rings (SSSR count). The average Bonchev–Trinajstić information content (AvgIpc) is 2.50. The fourth-order valence-electron chi connectivity index (χ4n) is 2.35. The summed E-state index contributed by atoms with van der Waals surface area (Å²) in [6.45, 7) is 5.21. The standard InChI is InChI=1S/C17H25N3O/c1-12(2)16(18)8-10-20(3)17-15-11-14(21-4)6-5-13(15)7-9-19-17/h5-7,9,11-12,16H,8,10,18H2,1-4H3. The van der Waals surface area contributed by atoms with Crippen LogP contribution in [0, 0.1) is 5.92 Å². The van der Waals surface area contributed by atoms with Gasteiger partial charge in [0, 0.05) is 31.2 Å². The van der Waals surface area contributed by atoms with E-state index in [1.165, 1.54) is 5.39 Å². The molecule has 0 bridgehead atoms. The lowest BCUT2D eigenvalue weighted by atomic mass is 10.0. The first-order valence-electron chi connectivity index (χ1n) is 7.42. The van der Waals surface area contributed by atoms with Crippen LogP contribution in [0.2, 0.25) is 0 Å². The highest BCUT2D eigenvalue weighted by molar-refractivity contribution is 5.93. The van der Waals surface area contributed by atoms with Gasteiger partial charge in [-0.05, 0) is 35.9 Å². The summed E-state index contributed by atoms with van der Waals surface area (Å²) in [6, 6.07) is 8.31. The first-order chi connectivity index (χ1) is 10.0. The van der Waals surface area contributed by atoms with Crippen molar-refractivity contribution >= 4 is 16.6 Å². The molecule has 2 aromatic rings. The highest BCUT2D eigenvalue weighted by Crippen LogP contribution is 2.27. The van der Waals surface area contributed by atoms with Crippen molar-refractivity contribution in [2.45, 2.75) is 26.3 Å². The molecule has 0 aliphatic heterocycles. The third kappa shape index (κ3) is 3.64. The van der Waals surface area contributed by atoms with Crippen LogP contribution in [0.25, 0.3) is 10.8 Å². The lowest BCUT2D eigenvalue weighted by Crippen LogP contribution is -2.32. The van der Waals surface area contributed by atoms with Gasteiger partial charge in [0.05, 0.1) is 7.11 Å². The first-order valence-corrected chi connectivity index (χ1v) is 7.42. The molecule has 0 radical (unpaired) electrons. The number of ether oxygens (including phenoxy) is 1. The van der Waals surface area contributed by atoms with Crippen LogP contribution in [-0.2, 0) is 0 Å². The van der Waals surface area contributed by atoms with Crippen molar-refractivity contribution in [1.82, 2.24) is 4.98 Å². The van der Waals surface area contributed by atoms with Gasteiger partial charge in [0.15, 0.2) is 0 Å². The molecule has 4 nitrogen and oxygen atoms in total. The van der Waals surface area contributed by atoms with Gasteiger partial charge in [-0.1, -0.05) is 19.9 Å². The molecule has 1 atom stereocenters. The summed E-state index contributed by atoms with van der Waals surface area (Å²) < 4.78 is 5.32. The van der Waals surface area contributed by atoms with Gasteiger partial charge < -0.3 is 15.4 Å². The quantitative estimate of drug-likeness (QED) is 0.887. The van der Waals surface area contributed by atoms with E-state index in [4.69, 9.17) is 10.5 Å². The minimum atomic E-state index is 0.219. The minimum absolute atomic E-state index is 0.219. The molecule has 0 aliphatic carbocycles. The molecule has 4 heteroatoms. The summed E-state index contributed by atoms with van der Waals surface area (Å²) in [4.78, 5) is 6.71. The van der Waals surface area contributed by atoms with Crippen LogP contribution in [0.15, 0.2) is 30.5 Å². The Kier molecular flexibility index (Phi) is 5.02. The number of pyridine rings is 1. The smallest absolute Gasteiger partial charge is 0.136 e. The Morgan fingerprint density at radius 3 is 2.71 bits per heavy atom. The van der Waals surface area contributed by atoms with Gasteiger partial charge in [-0.25, -0.2) is 4.98 Å². The Labute approximate surface area is 126 Å². The third-order valence-electron chi connectivity index (χ3n) is 3.97. The summed E-state index contributed by atoms with van der Waals surface area (Å²) in [5, 5.41) is 2.28. The monoisotopic (exact) mass is 287 g/mol. The Balaban J connectivity index is 2.24. The van der Waals surface area contributed by atoms with Gasteiger partial charge in [0.2, 0.25) is 0 Å². The Hall–Kier alpha value is -1.81. The van der Waals surface area contributed by atoms with Crippen molar-refractivity contribution in [3.63, 3.8) is 0 Å². The number of nitrogens with zero attached hydrogens (tertiary/aromatic N) is 2. The molecular weight excluding hydrogens is 262 g/mol. The predicted octanol–water partition coefficient (Wildman–Crippen LogP) is 3.05. The second-order valence-electron chi connectivity index (χ2n) is 5.84. The molecule has 1 heterocycles. The Bertz CT molecular complexity index is 598. The third-order valence-corrected chi connectivity index (χ3v) is 3.97. The fraction of sp³-hybridized carbons (Fsp3) is 0.471. The summed E-state index contributed by atoms with van der Waals surface area (Å²) in [5.74, 6) is 2.32. The van der Waals surface area contributed by atoms with E-state index in [1.807, 2.05) is 24.4 Å². The zero-order valence-corrected chi connectivity index (χ0v) is 13.3. The maximum atomic E-state index is 6.13. The van der Waals surface area contributed by atoms with Crippen molar-refractivity contribution in [1.29, 1.82) is 0 Å². The van der Waals surface area contributed by atoms with Crippen LogP contribution in [-0.4, -0.2) is 31.7 Å². The number of hydrogen-bond donors (Lipinski definition) is 1. The maximum absolute atomic E-state index is 6.13. The molecule has 114 valence electrons. The average molecular weight is 287 g/mol. The number of rotatable bonds is 6. The molecule has 1 unspecified atom stereocenters. The van der Waals surface area contributed by atoms with E-state index in [0.29, 0.717) is 5.92 Å². The SMILES string of the molecule is COc1ccc2ccnc(N(C)CCC(N)C(C)C)c2c1. The number of hydrogen-bond acceptors (Lipinski definition) is 4. The van der Waals surface area contributed by atoms with E-state index < -0.39 is 0 Å². The van der Waals surface area contributed by atoms with Gasteiger partial charge in [-0.15, -0.1) is 0 Å². The van der Waals surface area contributed by atoms with Gasteiger partial charge in [0.1, 0.15) is 11.6 Å². The van der Waals surface area contributed by atoms with Gasteiger partial charge in [0.25, 0.3) is 0 Å². The molecule has 0 aliphatic rings. The number of methoxy groups -OCH3 is 1. The van der Waals surface area contributed by atoms with E-state index in [9.17, 15) is 0 Å².